The molecule has 0 fully saturated rings. The summed E-state index contributed by atoms with van der Waals surface area (Å²) in [5.41, 5.74) is 1.58. The second-order valence-electron chi connectivity index (χ2n) is 3.44. The first kappa shape index (κ1) is 10.2. The molecule has 0 atom stereocenters. The van der Waals surface area contributed by atoms with Crippen LogP contribution in [0.2, 0.25) is 0 Å². The van der Waals surface area contributed by atoms with Crippen molar-refractivity contribution in [3.8, 4) is 11.5 Å². The Kier molecular flexibility index (Phi) is 3.06. The van der Waals surface area contributed by atoms with Gasteiger partial charge < -0.3 is 14.8 Å². The third kappa shape index (κ3) is 2.04. The minimum atomic E-state index is -0.479. The minimum Gasteiger partial charge on any atom is -0.486 e. The lowest BCUT2D eigenvalue weighted by atomic mass is 10.1. The number of hydrogen-bond donors (Lipinski definition) is 1. The molecule has 0 saturated carbocycles. The van der Waals surface area contributed by atoms with E-state index in [4.69, 9.17) is 9.47 Å². The van der Waals surface area contributed by atoms with Crippen LogP contribution in [0.15, 0.2) is 12.1 Å². The monoisotopic (exact) mass is 211 g/mol. The molecule has 0 spiro atoms. The molecule has 82 valence electrons. The van der Waals surface area contributed by atoms with E-state index in [-0.39, 0.29) is 0 Å². The fourth-order valence-electron chi connectivity index (χ4n) is 1.69. The van der Waals surface area contributed by atoms with Gasteiger partial charge in [-0.25, -0.2) is 4.39 Å². The van der Waals surface area contributed by atoms with E-state index in [2.05, 4.69) is 5.32 Å². The number of halogens is 1. The lowest BCUT2D eigenvalue weighted by Crippen LogP contribution is -2.18. The summed E-state index contributed by atoms with van der Waals surface area (Å²) in [6.07, 6.45) is 0. The van der Waals surface area contributed by atoms with E-state index in [9.17, 15) is 4.39 Å². The van der Waals surface area contributed by atoms with E-state index in [1.165, 1.54) is 0 Å². The van der Waals surface area contributed by atoms with Crippen LogP contribution in [0, 0.1) is 0 Å². The van der Waals surface area contributed by atoms with Gasteiger partial charge in [0.2, 0.25) is 0 Å². The van der Waals surface area contributed by atoms with Crippen molar-refractivity contribution in [3.63, 3.8) is 0 Å². The Bertz CT molecular complexity index is 355. The Labute approximate surface area is 88.2 Å². The summed E-state index contributed by atoms with van der Waals surface area (Å²) in [4.78, 5) is 0. The average molecular weight is 211 g/mol. The normalized spacial score (nSPS) is 14.0. The van der Waals surface area contributed by atoms with Crippen molar-refractivity contribution in [2.45, 2.75) is 13.2 Å². The highest BCUT2D eigenvalue weighted by molar-refractivity contribution is 5.50. The van der Waals surface area contributed by atoms with Gasteiger partial charge in [-0.3, -0.25) is 0 Å². The standard InChI is InChI=1S/C11H14FNO2/c1-13-7-9-4-8(6-12)5-10-11(9)15-3-2-14-10/h4-5,13H,2-3,6-7H2,1H3. The minimum absolute atomic E-state index is 0.479. The first-order valence-corrected chi connectivity index (χ1v) is 4.97. The SMILES string of the molecule is CNCc1cc(CF)cc2c1OCCO2. The molecule has 0 aliphatic carbocycles. The van der Waals surface area contributed by atoms with Gasteiger partial charge in [-0.15, -0.1) is 0 Å². The molecule has 0 unspecified atom stereocenters. The van der Waals surface area contributed by atoms with Crippen molar-refractivity contribution in [1.29, 1.82) is 0 Å². The molecule has 1 aromatic rings. The number of fused-ring (bicyclic) bond motifs is 1. The topological polar surface area (TPSA) is 30.5 Å². The molecule has 1 heterocycles. The van der Waals surface area contributed by atoms with Gasteiger partial charge in [0.15, 0.2) is 11.5 Å². The van der Waals surface area contributed by atoms with E-state index < -0.39 is 6.67 Å². The summed E-state index contributed by atoms with van der Waals surface area (Å²) in [6, 6.07) is 3.51. The van der Waals surface area contributed by atoms with Gasteiger partial charge in [0, 0.05) is 12.1 Å². The molecule has 0 aromatic heterocycles. The van der Waals surface area contributed by atoms with E-state index in [0.29, 0.717) is 31.1 Å². The van der Waals surface area contributed by atoms with Crippen molar-refractivity contribution in [2.24, 2.45) is 0 Å². The van der Waals surface area contributed by atoms with Gasteiger partial charge in [0.05, 0.1) is 0 Å². The molecular formula is C11H14FNO2. The van der Waals surface area contributed by atoms with Crippen LogP contribution in [0.25, 0.3) is 0 Å². The zero-order valence-electron chi connectivity index (χ0n) is 8.68. The van der Waals surface area contributed by atoms with Gasteiger partial charge in [0.25, 0.3) is 0 Å². The maximum absolute atomic E-state index is 12.6. The molecule has 0 saturated heterocycles. The molecule has 3 nitrogen and oxygen atoms in total. The van der Waals surface area contributed by atoms with Gasteiger partial charge >= 0.3 is 0 Å². The maximum atomic E-state index is 12.6. The average Bonchev–Trinajstić information content (AvgIpc) is 2.29. The predicted octanol–water partition coefficient (Wildman–Crippen LogP) is 1.65. The summed E-state index contributed by atoms with van der Waals surface area (Å²) in [5.74, 6) is 1.40. The first-order chi connectivity index (χ1) is 7.35. The van der Waals surface area contributed by atoms with Crippen LogP contribution in [0.4, 0.5) is 4.39 Å². The molecule has 0 bridgehead atoms. The Morgan fingerprint density at radius 3 is 2.87 bits per heavy atom. The molecule has 0 radical (unpaired) electrons. The molecule has 2 rings (SSSR count). The zero-order chi connectivity index (χ0) is 10.7. The smallest absolute Gasteiger partial charge is 0.165 e. The number of benzene rings is 1. The van der Waals surface area contributed by atoms with Crippen LogP contribution >= 0.6 is 0 Å². The summed E-state index contributed by atoms with van der Waals surface area (Å²) < 4.78 is 23.6. The number of hydrogen-bond acceptors (Lipinski definition) is 3. The Balaban J connectivity index is 2.41. The van der Waals surface area contributed by atoms with Crippen LogP contribution in [0.3, 0.4) is 0 Å². The largest absolute Gasteiger partial charge is 0.486 e. The molecule has 1 aromatic carbocycles. The van der Waals surface area contributed by atoms with Crippen molar-refractivity contribution in [3.05, 3.63) is 23.3 Å². The molecule has 4 heteroatoms. The summed E-state index contributed by atoms with van der Waals surface area (Å²) in [7, 11) is 1.85. The van der Waals surface area contributed by atoms with Crippen molar-refractivity contribution >= 4 is 0 Å². The van der Waals surface area contributed by atoms with Gasteiger partial charge in [-0.1, -0.05) is 0 Å². The first-order valence-electron chi connectivity index (χ1n) is 4.97. The van der Waals surface area contributed by atoms with Gasteiger partial charge in [-0.2, -0.15) is 0 Å². The molecule has 1 N–H and O–H groups in total. The van der Waals surface area contributed by atoms with Crippen LogP contribution in [-0.2, 0) is 13.2 Å². The Hall–Kier alpha value is -1.29. The third-order valence-electron chi connectivity index (χ3n) is 2.30. The summed E-state index contributed by atoms with van der Waals surface area (Å²) in [6.45, 7) is 1.26. The van der Waals surface area contributed by atoms with Crippen LogP contribution in [0.5, 0.6) is 11.5 Å². The molecule has 15 heavy (non-hydrogen) atoms. The summed E-state index contributed by atoms with van der Waals surface area (Å²) in [5, 5.41) is 3.03. The van der Waals surface area contributed by atoms with E-state index in [1.807, 2.05) is 13.1 Å². The number of rotatable bonds is 3. The second kappa shape index (κ2) is 4.49. The molecular weight excluding hydrogens is 197 g/mol. The van der Waals surface area contributed by atoms with Crippen molar-refractivity contribution in [2.75, 3.05) is 20.3 Å². The second-order valence-corrected chi connectivity index (χ2v) is 3.44. The molecule has 1 aliphatic heterocycles. The number of ether oxygens (including phenoxy) is 2. The Morgan fingerprint density at radius 1 is 1.33 bits per heavy atom. The molecule has 0 amide bonds. The van der Waals surface area contributed by atoms with Gasteiger partial charge in [-0.05, 0) is 24.7 Å². The molecule has 1 aliphatic rings. The van der Waals surface area contributed by atoms with Crippen LogP contribution in [-0.4, -0.2) is 20.3 Å². The highest BCUT2D eigenvalue weighted by Crippen LogP contribution is 2.35. The van der Waals surface area contributed by atoms with E-state index in [1.54, 1.807) is 6.07 Å². The fraction of sp³-hybridized carbons (Fsp3) is 0.455. The Morgan fingerprint density at radius 2 is 2.13 bits per heavy atom. The lowest BCUT2D eigenvalue weighted by molar-refractivity contribution is 0.169. The number of alkyl halides is 1. The van der Waals surface area contributed by atoms with E-state index in [0.717, 1.165) is 11.3 Å². The lowest BCUT2D eigenvalue weighted by Gasteiger charge is -2.21. The zero-order valence-corrected chi connectivity index (χ0v) is 8.68. The quantitative estimate of drug-likeness (QED) is 0.824. The van der Waals surface area contributed by atoms with Crippen molar-refractivity contribution < 1.29 is 13.9 Å². The van der Waals surface area contributed by atoms with Crippen molar-refractivity contribution in [1.82, 2.24) is 5.32 Å². The highest BCUT2D eigenvalue weighted by Gasteiger charge is 2.16. The predicted molar refractivity (Wildman–Crippen MR) is 55.0 cm³/mol. The third-order valence-corrected chi connectivity index (χ3v) is 2.30. The maximum Gasteiger partial charge on any atom is 0.165 e. The van der Waals surface area contributed by atoms with E-state index >= 15 is 0 Å². The van der Waals surface area contributed by atoms with Crippen LogP contribution in [0.1, 0.15) is 11.1 Å². The van der Waals surface area contributed by atoms with Crippen LogP contribution < -0.4 is 14.8 Å². The fourth-order valence-corrected chi connectivity index (χ4v) is 1.69. The highest BCUT2D eigenvalue weighted by atomic mass is 19.1. The summed E-state index contributed by atoms with van der Waals surface area (Å²) >= 11 is 0. The van der Waals surface area contributed by atoms with Gasteiger partial charge in [0.1, 0.15) is 19.9 Å². The number of nitrogens with one attached hydrogen (secondary N) is 1.